The Morgan fingerprint density at radius 1 is 1.35 bits per heavy atom. The van der Waals surface area contributed by atoms with Gasteiger partial charge in [-0.15, -0.1) is 13.2 Å². The largest absolute Gasteiger partial charge is 0.466 e. The highest BCUT2D eigenvalue weighted by molar-refractivity contribution is 5.72. The fourth-order valence-electron chi connectivity index (χ4n) is 1.51. The quantitative estimate of drug-likeness (QED) is 0.480. The number of carbonyl (C=O) groups excluding carboxylic acids is 1. The molecular formula is C14H23NO2. The Morgan fingerprint density at radius 2 is 2.00 bits per heavy atom. The summed E-state index contributed by atoms with van der Waals surface area (Å²) in [4.78, 5) is 13.5. The molecule has 0 rings (SSSR count). The van der Waals surface area contributed by atoms with E-state index in [9.17, 15) is 4.79 Å². The zero-order valence-electron chi connectivity index (χ0n) is 11.2. The number of allylic oxidation sites excluding steroid dienone is 2. The van der Waals surface area contributed by atoms with E-state index in [0.717, 1.165) is 17.8 Å². The van der Waals surface area contributed by atoms with Gasteiger partial charge in [-0.05, 0) is 25.8 Å². The molecule has 96 valence electrons. The lowest BCUT2D eigenvalue weighted by molar-refractivity contribution is -0.142. The summed E-state index contributed by atoms with van der Waals surface area (Å²) in [6.07, 6.45) is 4.67. The van der Waals surface area contributed by atoms with Gasteiger partial charge in [0.1, 0.15) is 0 Å². The summed E-state index contributed by atoms with van der Waals surface area (Å²) >= 11 is 0. The molecule has 0 fully saturated rings. The van der Waals surface area contributed by atoms with Gasteiger partial charge in [-0.3, -0.25) is 4.79 Å². The molecule has 0 aromatic heterocycles. The van der Waals surface area contributed by atoms with E-state index in [1.165, 1.54) is 0 Å². The van der Waals surface area contributed by atoms with Gasteiger partial charge in [-0.2, -0.15) is 0 Å². The number of ether oxygens (including phenoxy) is 1. The molecule has 0 saturated heterocycles. The minimum atomic E-state index is -0.185. The monoisotopic (exact) mass is 237 g/mol. The molecule has 0 bridgehead atoms. The molecule has 0 N–H and O–H groups in total. The topological polar surface area (TPSA) is 29.5 Å². The summed E-state index contributed by atoms with van der Waals surface area (Å²) in [6.45, 7) is 12.4. The van der Waals surface area contributed by atoms with Crippen molar-refractivity contribution in [1.82, 2.24) is 4.90 Å². The van der Waals surface area contributed by atoms with Crippen LogP contribution in [0.5, 0.6) is 0 Å². The molecule has 0 unspecified atom stereocenters. The predicted octanol–water partition coefficient (Wildman–Crippen LogP) is 2.91. The fraction of sp³-hybridized carbons (Fsp3) is 0.500. The second-order valence-electron chi connectivity index (χ2n) is 3.83. The van der Waals surface area contributed by atoms with Crippen molar-refractivity contribution >= 4 is 5.97 Å². The lowest BCUT2D eigenvalue weighted by atomic mass is 10.1. The zero-order chi connectivity index (χ0) is 13.3. The van der Waals surface area contributed by atoms with E-state index in [-0.39, 0.29) is 5.97 Å². The van der Waals surface area contributed by atoms with Crippen molar-refractivity contribution in [2.45, 2.75) is 26.7 Å². The Labute approximate surface area is 104 Å². The molecule has 3 nitrogen and oxygen atoms in total. The molecule has 0 aliphatic rings. The van der Waals surface area contributed by atoms with Gasteiger partial charge < -0.3 is 9.64 Å². The first kappa shape index (κ1) is 15.5. The molecule has 0 saturated carbocycles. The van der Waals surface area contributed by atoms with Crippen LogP contribution in [0.15, 0.2) is 36.6 Å². The van der Waals surface area contributed by atoms with Crippen LogP contribution in [-0.4, -0.2) is 31.1 Å². The van der Waals surface area contributed by atoms with Gasteiger partial charge >= 0.3 is 5.97 Å². The van der Waals surface area contributed by atoms with Crippen molar-refractivity contribution in [3.63, 3.8) is 0 Å². The Bertz CT molecular complexity index is 305. The van der Waals surface area contributed by atoms with E-state index in [2.05, 4.69) is 18.1 Å². The Balaban J connectivity index is 4.78. The summed E-state index contributed by atoms with van der Waals surface area (Å²) in [6, 6.07) is 0. The van der Waals surface area contributed by atoms with Crippen LogP contribution in [0.1, 0.15) is 26.7 Å². The van der Waals surface area contributed by atoms with Crippen LogP contribution < -0.4 is 0 Å². The SMILES string of the molecule is C=CC/C(CC(=O)OCC)=C(/C)N(C)CC=C. The first-order valence-corrected chi connectivity index (χ1v) is 5.83. The van der Waals surface area contributed by atoms with Crippen LogP contribution in [0.3, 0.4) is 0 Å². The van der Waals surface area contributed by atoms with Crippen molar-refractivity contribution < 1.29 is 9.53 Å². The number of carbonyl (C=O) groups is 1. The highest BCUT2D eigenvalue weighted by Crippen LogP contribution is 2.17. The van der Waals surface area contributed by atoms with E-state index in [1.807, 2.05) is 27.0 Å². The zero-order valence-corrected chi connectivity index (χ0v) is 11.2. The van der Waals surface area contributed by atoms with E-state index in [0.29, 0.717) is 19.4 Å². The first-order valence-electron chi connectivity index (χ1n) is 5.83. The second-order valence-corrected chi connectivity index (χ2v) is 3.83. The van der Waals surface area contributed by atoms with Crippen molar-refractivity contribution in [1.29, 1.82) is 0 Å². The normalized spacial score (nSPS) is 11.5. The maximum absolute atomic E-state index is 11.5. The van der Waals surface area contributed by atoms with E-state index in [1.54, 1.807) is 6.08 Å². The van der Waals surface area contributed by atoms with Crippen LogP contribution in [0.2, 0.25) is 0 Å². The number of rotatable bonds is 8. The molecule has 17 heavy (non-hydrogen) atoms. The molecule has 3 heteroatoms. The van der Waals surface area contributed by atoms with Crippen LogP contribution in [-0.2, 0) is 9.53 Å². The average Bonchev–Trinajstić information content (AvgIpc) is 2.28. The summed E-state index contributed by atoms with van der Waals surface area (Å²) in [5.41, 5.74) is 2.13. The lowest BCUT2D eigenvalue weighted by Crippen LogP contribution is -2.18. The Hall–Kier alpha value is -1.51. The summed E-state index contributed by atoms with van der Waals surface area (Å²) in [7, 11) is 1.98. The summed E-state index contributed by atoms with van der Waals surface area (Å²) in [5, 5.41) is 0. The third kappa shape index (κ3) is 5.95. The lowest BCUT2D eigenvalue weighted by Gasteiger charge is -2.21. The number of esters is 1. The third-order valence-electron chi connectivity index (χ3n) is 2.54. The molecule has 0 aliphatic heterocycles. The molecule has 0 spiro atoms. The van der Waals surface area contributed by atoms with Gasteiger partial charge in [-0.25, -0.2) is 0 Å². The van der Waals surface area contributed by atoms with Crippen molar-refractivity contribution in [3.05, 3.63) is 36.6 Å². The van der Waals surface area contributed by atoms with Crippen LogP contribution in [0.4, 0.5) is 0 Å². The second kappa shape index (κ2) is 8.62. The van der Waals surface area contributed by atoms with E-state index < -0.39 is 0 Å². The standard InChI is InChI=1S/C14H23NO2/c1-6-9-13(11-14(16)17-8-3)12(4)15(5)10-7-2/h6-7H,1-2,8-11H2,3-5H3/b13-12+. The van der Waals surface area contributed by atoms with Gasteiger partial charge in [0, 0.05) is 19.3 Å². The molecule has 0 atom stereocenters. The van der Waals surface area contributed by atoms with E-state index in [4.69, 9.17) is 4.74 Å². The highest BCUT2D eigenvalue weighted by Gasteiger charge is 2.10. The molecular weight excluding hydrogens is 214 g/mol. The van der Waals surface area contributed by atoms with Gasteiger partial charge in [-0.1, -0.05) is 12.2 Å². The van der Waals surface area contributed by atoms with Crippen LogP contribution in [0, 0.1) is 0 Å². The first-order chi connectivity index (χ1) is 8.06. The molecule has 0 aliphatic carbocycles. The minimum Gasteiger partial charge on any atom is -0.466 e. The molecule has 0 amide bonds. The smallest absolute Gasteiger partial charge is 0.309 e. The van der Waals surface area contributed by atoms with Crippen LogP contribution >= 0.6 is 0 Å². The number of hydrogen-bond acceptors (Lipinski definition) is 3. The summed E-state index contributed by atoms with van der Waals surface area (Å²) < 4.78 is 4.96. The van der Waals surface area contributed by atoms with Crippen molar-refractivity contribution in [3.8, 4) is 0 Å². The molecule has 0 heterocycles. The van der Waals surface area contributed by atoms with Gasteiger partial charge in [0.15, 0.2) is 0 Å². The third-order valence-corrected chi connectivity index (χ3v) is 2.54. The fourth-order valence-corrected chi connectivity index (χ4v) is 1.51. The van der Waals surface area contributed by atoms with Crippen molar-refractivity contribution in [2.24, 2.45) is 0 Å². The number of hydrogen-bond donors (Lipinski definition) is 0. The Morgan fingerprint density at radius 3 is 2.47 bits per heavy atom. The summed E-state index contributed by atoms with van der Waals surface area (Å²) in [5.74, 6) is -0.185. The van der Waals surface area contributed by atoms with Gasteiger partial charge in [0.05, 0.1) is 13.0 Å². The average molecular weight is 237 g/mol. The molecule has 0 radical (unpaired) electrons. The maximum Gasteiger partial charge on any atom is 0.309 e. The number of nitrogens with zero attached hydrogens (tertiary/aromatic N) is 1. The predicted molar refractivity (Wildman–Crippen MR) is 71.6 cm³/mol. The molecule has 0 aromatic rings. The molecule has 0 aromatic carbocycles. The van der Waals surface area contributed by atoms with Gasteiger partial charge in [0.2, 0.25) is 0 Å². The minimum absolute atomic E-state index is 0.185. The highest BCUT2D eigenvalue weighted by atomic mass is 16.5. The van der Waals surface area contributed by atoms with Crippen molar-refractivity contribution in [2.75, 3.05) is 20.2 Å². The van der Waals surface area contributed by atoms with Crippen LogP contribution in [0.25, 0.3) is 0 Å². The van der Waals surface area contributed by atoms with E-state index >= 15 is 0 Å². The Kier molecular flexibility index (Phi) is 7.85. The number of likely N-dealkylation sites (N-methyl/N-ethyl adjacent to an activating group) is 1. The maximum atomic E-state index is 11.5. The van der Waals surface area contributed by atoms with Gasteiger partial charge in [0.25, 0.3) is 0 Å².